The van der Waals surface area contributed by atoms with Gasteiger partial charge >= 0.3 is 6.18 Å². The van der Waals surface area contributed by atoms with Crippen molar-refractivity contribution >= 4 is 27.5 Å². The van der Waals surface area contributed by atoms with Gasteiger partial charge in [-0.15, -0.1) is 0 Å². The van der Waals surface area contributed by atoms with Crippen LogP contribution < -0.4 is 10.6 Å². The third-order valence-electron chi connectivity index (χ3n) is 2.38. The molecule has 0 radical (unpaired) electrons. The Bertz CT molecular complexity index is 452. The lowest BCUT2D eigenvalue weighted by atomic mass is 10.1. The summed E-state index contributed by atoms with van der Waals surface area (Å²) < 4.78 is 36.6. The summed E-state index contributed by atoms with van der Waals surface area (Å²) in [5.41, 5.74) is 2.66. The maximum absolute atomic E-state index is 11.9. The van der Waals surface area contributed by atoms with E-state index in [1.807, 2.05) is 26.0 Å². The van der Waals surface area contributed by atoms with Gasteiger partial charge in [0.2, 0.25) is 5.91 Å². The summed E-state index contributed by atoms with van der Waals surface area (Å²) in [5.74, 6) is -0.699. The van der Waals surface area contributed by atoms with Crippen LogP contribution in [0.4, 0.5) is 18.9 Å². The van der Waals surface area contributed by atoms with Gasteiger partial charge in [0.1, 0.15) is 6.54 Å². The predicted molar refractivity (Wildman–Crippen MR) is 71.2 cm³/mol. The third kappa shape index (κ3) is 5.50. The highest BCUT2D eigenvalue weighted by Crippen LogP contribution is 2.24. The van der Waals surface area contributed by atoms with Gasteiger partial charge in [0.25, 0.3) is 0 Å². The lowest BCUT2D eigenvalue weighted by Gasteiger charge is -2.11. The molecule has 0 fully saturated rings. The van der Waals surface area contributed by atoms with Gasteiger partial charge in [-0.2, -0.15) is 13.2 Å². The minimum Gasteiger partial charge on any atom is -0.376 e. The van der Waals surface area contributed by atoms with E-state index in [0.29, 0.717) is 5.69 Å². The van der Waals surface area contributed by atoms with Gasteiger partial charge < -0.3 is 10.6 Å². The molecule has 3 nitrogen and oxygen atoms in total. The van der Waals surface area contributed by atoms with Crippen molar-refractivity contribution in [1.29, 1.82) is 0 Å². The summed E-state index contributed by atoms with van der Waals surface area (Å²) in [5, 5.41) is 4.59. The molecule has 0 aromatic heterocycles. The Kier molecular flexibility index (Phi) is 5.22. The number of hydrogen-bond donors (Lipinski definition) is 2. The van der Waals surface area contributed by atoms with Crippen molar-refractivity contribution in [1.82, 2.24) is 5.32 Å². The van der Waals surface area contributed by atoms with Crippen molar-refractivity contribution in [2.75, 3.05) is 18.4 Å². The Labute approximate surface area is 117 Å². The molecule has 0 aliphatic rings. The molecule has 0 spiro atoms. The first-order chi connectivity index (χ1) is 8.69. The van der Waals surface area contributed by atoms with Crippen LogP contribution in [0, 0.1) is 13.8 Å². The first kappa shape index (κ1) is 15.8. The summed E-state index contributed by atoms with van der Waals surface area (Å²) in [4.78, 5) is 11.2. The average molecular weight is 339 g/mol. The Morgan fingerprint density at radius 1 is 1.26 bits per heavy atom. The summed E-state index contributed by atoms with van der Waals surface area (Å²) >= 11 is 3.41. The molecule has 0 bridgehead atoms. The van der Waals surface area contributed by atoms with Crippen LogP contribution in [0.1, 0.15) is 11.1 Å². The molecule has 19 heavy (non-hydrogen) atoms. The van der Waals surface area contributed by atoms with Gasteiger partial charge in [0.15, 0.2) is 0 Å². The number of nitrogens with one attached hydrogen (secondary N) is 2. The molecule has 1 amide bonds. The Morgan fingerprint density at radius 3 is 2.26 bits per heavy atom. The number of anilines is 1. The highest BCUT2D eigenvalue weighted by molar-refractivity contribution is 9.10. The van der Waals surface area contributed by atoms with Crippen LogP contribution in [0.5, 0.6) is 0 Å². The van der Waals surface area contributed by atoms with E-state index >= 15 is 0 Å². The van der Waals surface area contributed by atoms with E-state index in [1.54, 1.807) is 5.32 Å². The van der Waals surface area contributed by atoms with Gasteiger partial charge in [-0.25, -0.2) is 0 Å². The van der Waals surface area contributed by atoms with Crippen molar-refractivity contribution < 1.29 is 18.0 Å². The van der Waals surface area contributed by atoms with E-state index in [2.05, 4.69) is 21.2 Å². The predicted octanol–water partition coefficient (Wildman–Crippen LogP) is 3.16. The van der Waals surface area contributed by atoms with Crippen LogP contribution in [0.25, 0.3) is 0 Å². The zero-order chi connectivity index (χ0) is 14.6. The molecular weight excluding hydrogens is 325 g/mol. The van der Waals surface area contributed by atoms with Crippen LogP contribution in [0.2, 0.25) is 0 Å². The molecule has 1 aromatic rings. The molecule has 0 atom stereocenters. The van der Waals surface area contributed by atoms with Crippen molar-refractivity contribution in [2.45, 2.75) is 20.0 Å². The topological polar surface area (TPSA) is 41.1 Å². The number of hydrogen-bond acceptors (Lipinski definition) is 2. The number of carbonyl (C=O) groups is 1. The second-order valence-corrected chi connectivity index (χ2v) is 4.96. The Balaban J connectivity index is 2.51. The Hall–Kier alpha value is -1.24. The van der Waals surface area contributed by atoms with Gasteiger partial charge in [0.05, 0.1) is 6.54 Å². The minimum atomic E-state index is -4.39. The highest BCUT2D eigenvalue weighted by Gasteiger charge is 2.27. The monoisotopic (exact) mass is 338 g/mol. The lowest BCUT2D eigenvalue weighted by Crippen LogP contribution is -2.37. The van der Waals surface area contributed by atoms with Crippen molar-refractivity contribution in [3.8, 4) is 0 Å². The molecule has 2 N–H and O–H groups in total. The van der Waals surface area contributed by atoms with E-state index in [-0.39, 0.29) is 6.54 Å². The molecule has 7 heteroatoms. The second kappa shape index (κ2) is 6.27. The molecule has 0 aliphatic heterocycles. The number of rotatable bonds is 4. The fourth-order valence-electron chi connectivity index (χ4n) is 1.49. The molecule has 1 rings (SSSR count). The second-order valence-electron chi connectivity index (χ2n) is 4.17. The van der Waals surface area contributed by atoms with Crippen LogP contribution in [0.3, 0.4) is 0 Å². The maximum atomic E-state index is 11.9. The molecule has 0 saturated carbocycles. The van der Waals surface area contributed by atoms with Crippen molar-refractivity contribution in [3.63, 3.8) is 0 Å². The van der Waals surface area contributed by atoms with E-state index in [1.165, 1.54) is 0 Å². The molecule has 0 saturated heterocycles. The fraction of sp³-hybridized carbons (Fsp3) is 0.417. The number of halogens is 4. The molecule has 0 aliphatic carbocycles. The standard InChI is InChI=1S/C12H14BrF3N2O/c1-7-3-9(4-8(2)11(7)13)17-5-10(19)18-6-12(14,15)16/h3-4,17H,5-6H2,1-2H3,(H,18,19). The van der Waals surface area contributed by atoms with E-state index in [4.69, 9.17) is 0 Å². The van der Waals surface area contributed by atoms with E-state index in [9.17, 15) is 18.0 Å². The Morgan fingerprint density at radius 2 is 1.79 bits per heavy atom. The van der Waals surface area contributed by atoms with E-state index in [0.717, 1.165) is 15.6 Å². The molecule has 1 aromatic carbocycles. The largest absolute Gasteiger partial charge is 0.405 e. The van der Waals surface area contributed by atoms with Gasteiger partial charge in [-0.1, -0.05) is 15.9 Å². The van der Waals surface area contributed by atoms with Gasteiger partial charge in [-0.05, 0) is 37.1 Å². The zero-order valence-corrected chi connectivity index (χ0v) is 12.1. The number of amides is 1. The molecule has 106 valence electrons. The van der Waals surface area contributed by atoms with Gasteiger partial charge in [0, 0.05) is 10.2 Å². The average Bonchev–Trinajstić information content (AvgIpc) is 2.29. The van der Waals surface area contributed by atoms with Crippen LogP contribution in [0.15, 0.2) is 16.6 Å². The van der Waals surface area contributed by atoms with Crippen molar-refractivity contribution in [2.24, 2.45) is 0 Å². The summed E-state index contributed by atoms with van der Waals surface area (Å²) in [6.45, 7) is 2.28. The SMILES string of the molecule is Cc1cc(NCC(=O)NCC(F)(F)F)cc(C)c1Br. The van der Waals surface area contributed by atoms with Crippen LogP contribution in [-0.4, -0.2) is 25.2 Å². The first-order valence-corrected chi connectivity index (χ1v) is 6.32. The minimum absolute atomic E-state index is 0.198. The number of carbonyl (C=O) groups excluding carboxylic acids is 1. The van der Waals surface area contributed by atoms with Gasteiger partial charge in [-0.3, -0.25) is 4.79 Å². The number of alkyl halides is 3. The van der Waals surface area contributed by atoms with Crippen LogP contribution >= 0.6 is 15.9 Å². The normalized spacial score (nSPS) is 11.3. The van der Waals surface area contributed by atoms with Crippen molar-refractivity contribution in [3.05, 3.63) is 27.7 Å². The highest BCUT2D eigenvalue weighted by atomic mass is 79.9. The molecular formula is C12H14BrF3N2O. The summed E-state index contributed by atoms with van der Waals surface area (Å²) in [6.07, 6.45) is -4.39. The number of aryl methyl sites for hydroxylation is 2. The first-order valence-electron chi connectivity index (χ1n) is 5.53. The zero-order valence-electron chi connectivity index (χ0n) is 10.5. The quantitative estimate of drug-likeness (QED) is 0.885. The van der Waals surface area contributed by atoms with E-state index < -0.39 is 18.6 Å². The molecule has 0 heterocycles. The molecule has 0 unspecified atom stereocenters. The fourth-order valence-corrected chi connectivity index (χ4v) is 1.72. The maximum Gasteiger partial charge on any atom is 0.405 e. The number of benzene rings is 1. The lowest BCUT2D eigenvalue weighted by molar-refractivity contribution is -0.137. The van der Waals surface area contributed by atoms with Crippen LogP contribution in [-0.2, 0) is 4.79 Å². The summed E-state index contributed by atoms with van der Waals surface area (Å²) in [6, 6.07) is 3.63. The third-order valence-corrected chi connectivity index (χ3v) is 3.63. The summed E-state index contributed by atoms with van der Waals surface area (Å²) in [7, 11) is 0. The smallest absolute Gasteiger partial charge is 0.376 e.